The largest absolute Gasteiger partial charge is 0.493 e. The fourth-order valence-corrected chi connectivity index (χ4v) is 4.89. The molecule has 1 amide bonds. The summed E-state index contributed by atoms with van der Waals surface area (Å²) in [6, 6.07) is 13.6. The molecule has 10 heteroatoms. The van der Waals surface area contributed by atoms with E-state index in [1.54, 1.807) is 18.2 Å². The topological polar surface area (TPSA) is 108 Å². The Bertz CT molecular complexity index is 1040. The number of morpholine rings is 1. The average molecular weight is 490 g/mol. The minimum absolute atomic E-state index is 0.0226. The highest BCUT2D eigenvalue weighted by Crippen LogP contribution is 2.22. The van der Waals surface area contributed by atoms with Crippen molar-refractivity contribution in [3.63, 3.8) is 0 Å². The van der Waals surface area contributed by atoms with E-state index in [0.29, 0.717) is 18.8 Å². The van der Waals surface area contributed by atoms with Crippen LogP contribution in [0.15, 0.2) is 66.1 Å². The zero-order valence-corrected chi connectivity index (χ0v) is 19.9. The first-order valence-electron chi connectivity index (χ1n) is 11.1. The lowest BCUT2D eigenvalue weighted by Crippen LogP contribution is -2.39. The summed E-state index contributed by atoms with van der Waals surface area (Å²) in [5.41, 5.74) is 3.35. The average Bonchev–Trinajstić information content (AvgIpc) is 2.86. The number of carbonyl (C=O) groups excluding carboxylic acids is 1. The summed E-state index contributed by atoms with van der Waals surface area (Å²) < 4.78 is 38.5. The molecule has 0 unspecified atom stereocenters. The summed E-state index contributed by atoms with van der Waals surface area (Å²) in [7, 11) is -4.01. The second kappa shape index (κ2) is 12.6. The zero-order valence-electron chi connectivity index (χ0n) is 19.1. The summed E-state index contributed by atoms with van der Waals surface area (Å²) in [6.07, 6.45) is 2.41. The lowest BCUT2D eigenvalue weighted by Gasteiger charge is -2.26. The smallest absolute Gasteiger partial charge is 0.258 e. The van der Waals surface area contributed by atoms with Gasteiger partial charge in [0.2, 0.25) is 10.0 Å². The highest BCUT2D eigenvalue weighted by Gasteiger charge is 2.27. The third kappa shape index (κ3) is 7.37. The summed E-state index contributed by atoms with van der Waals surface area (Å²) in [6.45, 7) is 7.52. The van der Waals surface area contributed by atoms with Gasteiger partial charge in [0.1, 0.15) is 5.75 Å². The number of ether oxygens (including phenoxy) is 2. The van der Waals surface area contributed by atoms with Gasteiger partial charge in [-0.05, 0) is 41.8 Å². The fourth-order valence-electron chi connectivity index (χ4n) is 3.51. The standard InChI is InChI=1S/C24H31N3O6S/c1-2-3-14-33-22-8-10-23(11-9-22)34(30,31)27(19-24(28)25-29)18-21-6-4-20(5-7-21)17-26-12-15-32-16-13-26/h2,4-11,29H,1,3,12-19H2,(H,25,28). The molecule has 34 heavy (non-hydrogen) atoms. The highest BCUT2D eigenvalue weighted by molar-refractivity contribution is 7.89. The van der Waals surface area contributed by atoms with Crippen LogP contribution in [0.1, 0.15) is 17.5 Å². The number of nitrogens with zero attached hydrogens (tertiary/aromatic N) is 2. The molecule has 1 aliphatic rings. The molecule has 1 fully saturated rings. The number of rotatable bonds is 12. The maximum atomic E-state index is 13.3. The zero-order chi connectivity index (χ0) is 24.4. The Balaban J connectivity index is 1.72. The van der Waals surface area contributed by atoms with Crippen LogP contribution in [0.5, 0.6) is 5.75 Å². The van der Waals surface area contributed by atoms with Crippen molar-refractivity contribution in [2.24, 2.45) is 0 Å². The van der Waals surface area contributed by atoms with Crippen molar-refractivity contribution >= 4 is 15.9 Å². The number of benzene rings is 2. The van der Waals surface area contributed by atoms with Crippen LogP contribution in [0.2, 0.25) is 0 Å². The Hall–Kier alpha value is -2.76. The van der Waals surface area contributed by atoms with Crippen molar-refractivity contribution in [3.05, 3.63) is 72.3 Å². The number of carbonyl (C=O) groups is 1. The highest BCUT2D eigenvalue weighted by atomic mass is 32.2. The van der Waals surface area contributed by atoms with Crippen LogP contribution < -0.4 is 10.2 Å². The minimum atomic E-state index is -4.01. The van der Waals surface area contributed by atoms with Gasteiger partial charge in [-0.2, -0.15) is 4.31 Å². The Morgan fingerprint density at radius 3 is 2.38 bits per heavy atom. The Labute approximate surface area is 200 Å². The quantitative estimate of drug-likeness (QED) is 0.204. The molecule has 1 heterocycles. The molecular weight excluding hydrogens is 458 g/mol. The van der Waals surface area contributed by atoms with E-state index in [-0.39, 0.29) is 11.4 Å². The molecule has 0 aliphatic carbocycles. The lowest BCUT2D eigenvalue weighted by molar-refractivity contribution is -0.129. The van der Waals surface area contributed by atoms with Gasteiger partial charge in [-0.15, -0.1) is 6.58 Å². The Kier molecular flexibility index (Phi) is 9.61. The van der Waals surface area contributed by atoms with Crippen LogP contribution in [-0.2, 0) is 32.6 Å². The number of nitrogens with one attached hydrogen (secondary N) is 1. The number of amides is 1. The number of hydrogen-bond donors (Lipinski definition) is 2. The predicted molar refractivity (Wildman–Crippen MR) is 127 cm³/mol. The summed E-state index contributed by atoms with van der Waals surface area (Å²) in [5.74, 6) is -0.284. The number of hydroxylamine groups is 1. The maximum Gasteiger partial charge on any atom is 0.258 e. The molecule has 2 N–H and O–H groups in total. The monoisotopic (exact) mass is 489 g/mol. The van der Waals surface area contributed by atoms with Crippen LogP contribution >= 0.6 is 0 Å². The van der Waals surface area contributed by atoms with Crippen molar-refractivity contribution < 1.29 is 27.9 Å². The van der Waals surface area contributed by atoms with Crippen molar-refractivity contribution in [3.8, 4) is 5.75 Å². The van der Waals surface area contributed by atoms with E-state index in [1.807, 2.05) is 24.3 Å². The summed E-state index contributed by atoms with van der Waals surface area (Å²) in [4.78, 5) is 14.2. The molecule has 0 bridgehead atoms. The first-order valence-corrected chi connectivity index (χ1v) is 12.5. The second-order valence-electron chi connectivity index (χ2n) is 7.91. The molecule has 0 saturated carbocycles. The van der Waals surface area contributed by atoms with E-state index in [9.17, 15) is 13.2 Å². The van der Waals surface area contributed by atoms with Gasteiger partial charge in [-0.3, -0.25) is 14.9 Å². The molecule has 9 nitrogen and oxygen atoms in total. The van der Waals surface area contributed by atoms with E-state index < -0.39 is 22.5 Å². The summed E-state index contributed by atoms with van der Waals surface area (Å²) >= 11 is 0. The van der Waals surface area contributed by atoms with E-state index in [2.05, 4.69) is 11.5 Å². The SMILES string of the molecule is C=CCCOc1ccc(S(=O)(=O)N(CC(=O)NO)Cc2ccc(CN3CCOCC3)cc2)cc1. The Morgan fingerprint density at radius 1 is 1.12 bits per heavy atom. The second-order valence-corrected chi connectivity index (χ2v) is 9.85. The first-order chi connectivity index (χ1) is 16.4. The minimum Gasteiger partial charge on any atom is -0.493 e. The van der Waals surface area contributed by atoms with Crippen LogP contribution in [0.25, 0.3) is 0 Å². The molecular formula is C24H31N3O6S. The van der Waals surface area contributed by atoms with E-state index in [0.717, 1.165) is 48.3 Å². The molecule has 184 valence electrons. The molecule has 0 spiro atoms. The normalized spacial score (nSPS) is 14.6. The van der Waals surface area contributed by atoms with Crippen LogP contribution in [0.3, 0.4) is 0 Å². The summed E-state index contributed by atoms with van der Waals surface area (Å²) in [5, 5.41) is 8.96. The molecule has 0 atom stereocenters. The third-order valence-electron chi connectivity index (χ3n) is 5.39. The molecule has 3 rings (SSSR count). The molecule has 0 aromatic heterocycles. The fraction of sp³-hybridized carbons (Fsp3) is 0.375. The van der Waals surface area contributed by atoms with Crippen molar-refractivity contribution in [2.75, 3.05) is 39.5 Å². The molecule has 2 aromatic carbocycles. The van der Waals surface area contributed by atoms with Crippen molar-refractivity contribution in [1.29, 1.82) is 0 Å². The third-order valence-corrected chi connectivity index (χ3v) is 7.19. The predicted octanol–water partition coefficient (Wildman–Crippen LogP) is 2.17. The van der Waals surface area contributed by atoms with Crippen LogP contribution in [-0.4, -0.2) is 68.2 Å². The molecule has 1 aliphatic heterocycles. The maximum absolute atomic E-state index is 13.3. The van der Waals surface area contributed by atoms with Gasteiger partial charge in [0.15, 0.2) is 0 Å². The van der Waals surface area contributed by atoms with E-state index >= 15 is 0 Å². The van der Waals surface area contributed by atoms with Crippen molar-refractivity contribution in [1.82, 2.24) is 14.7 Å². The molecule has 2 aromatic rings. The van der Waals surface area contributed by atoms with Gasteiger partial charge in [-0.1, -0.05) is 30.3 Å². The van der Waals surface area contributed by atoms with E-state index in [1.165, 1.54) is 17.6 Å². The van der Waals surface area contributed by atoms with Gasteiger partial charge in [-0.25, -0.2) is 13.9 Å². The van der Waals surface area contributed by atoms with Crippen LogP contribution in [0.4, 0.5) is 0 Å². The van der Waals surface area contributed by atoms with Gasteiger partial charge in [0.25, 0.3) is 5.91 Å². The number of sulfonamides is 1. The Morgan fingerprint density at radius 2 is 1.76 bits per heavy atom. The van der Waals surface area contributed by atoms with Gasteiger partial charge in [0, 0.05) is 26.2 Å². The van der Waals surface area contributed by atoms with Gasteiger partial charge < -0.3 is 9.47 Å². The number of hydrogen-bond acceptors (Lipinski definition) is 7. The van der Waals surface area contributed by atoms with Crippen LogP contribution in [0, 0.1) is 0 Å². The lowest BCUT2D eigenvalue weighted by atomic mass is 10.1. The van der Waals surface area contributed by atoms with Gasteiger partial charge in [0.05, 0.1) is 31.3 Å². The van der Waals surface area contributed by atoms with Crippen molar-refractivity contribution in [2.45, 2.75) is 24.4 Å². The van der Waals surface area contributed by atoms with Gasteiger partial charge >= 0.3 is 0 Å². The molecule has 0 radical (unpaired) electrons. The first kappa shape index (κ1) is 25.9. The van der Waals surface area contributed by atoms with E-state index in [4.69, 9.17) is 14.7 Å². The molecule has 1 saturated heterocycles.